The van der Waals surface area contributed by atoms with Crippen LogP contribution in [0, 0.1) is 5.92 Å². The first-order chi connectivity index (χ1) is 9.43. The molecule has 110 valence electrons. The first-order valence-electron chi connectivity index (χ1n) is 6.69. The molecule has 1 unspecified atom stereocenters. The van der Waals surface area contributed by atoms with Crippen molar-refractivity contribution in [3.63, 3.8) is 0 Å². The number of halogens is 1. The van der Waals surface area contributed by atoms with Crippen LogP contribution in [0.15, 0.2) is 24.3 Å². The number of hydrogen-bond acceptors (Lipinski definition) is 2. The summed E-state index contributed by atoms with van der Waals surface area (Å²) in [4.78, 5) is 24.6. The lowest BCUT2D eigenvalue weighted by Gasteiger charge is -2.24. The Hall–Kier alpha value is -1.55. The van der Waals surface area contributed by atoms with Gasteiger partial charge in [0.1, 0.15) is 0 Å². The molecule has 0 radical (unpaired) electrons. The average molecular weight is 298 g/mol. The van der Waals surface area contributed by atoms with Gasteiger partial charge in [-0.25, -0.2) is 0 Å². The summed E-state index contributed by atoms with van der Waals surface area (Å²) >= 11 is 5.83. The van der Waals surface area contributed by atoms with Gasteiger partial charge in [-0.15, -0.1) is 0 Å². The maximum atomic E-state index is 12.1. The van der Waals surface area contributed by atoms with E-state index < -0.39 is 11.9 Å². The number of carbonyl (C=O) groups excluding carboxylic acids is 1. The maximum Gasteiger partial charge on any atom is 0.308 e. The van der Waals surface area contributed by atoms with E-state index in [0.29, 0.717) is 18.0 Å². The topological polar surface area (TPSA) is 57.6 Å². The first kappa shape index (κ1) is 16.5. The highest BCUT2D eigenvalue weighted by atomic mass is 35.5. The molecule has 0 fully saturated rings. The van der Waals surface area contributed by atoms with Crippen molar-refractivity contribution in [2.75, 3.05) is 6.54 Å². The molecule has 1 aromatic rings. The van der Waals surface area contributed by atoms with E-state index in [1.54, 1.807) is 24.0 Å². The third-order valence-corrected chi connectivity index (χ3v) is 3.27. The minimum absolute atomic E-state index is 0.0180. The number of nitrogens with zero attached hydrogens (tertiary/aromatic N) is 1. The Morgan fingerprint density at radius 2 is 1.90 bits per heavy atom. The Morgan fingerprint density at radius 3 is 2.40 bits per heavy atom. The van der Waals surface area contributed by atoms with Crippen molar-refractivity contribution in [1.29, 1.82) is 0 Å². The van der Waals surface area contributed by atoms with Crippen molar-refractivity contribution >= 4 is 23.5 Å². The fraction of sp³-hybridized carbons (Fsp3) is 0.467. The number of carboxylic acid groups (broad SMARTS) is 1. The maximum absolute atomic E-state index is 12.1. The molecule has 5 heteroatoms. The largest absolute Gasteiger partial charge is 0.481 e. The Bertz CT molecular complexity index is 459. The molecule has 0 aliphatic heterocycles. The summed E-state index contributed by atoms with van der Waals surface area (Å²) in [7, 11) is 0. The van der Waals surface area contributed by atoms with Gasteiger partial charge in [0.05, 0.1) is 5.92 Å². The Labute approximate surface area is 124 Å². The second-order valence-corrected chi connectivity index (χ2v) is 5.33. The van der Waals surface area contributed by atoms with E-state index in [1.807, 2.05) is 19.1 Å². The SMILES string of the molecule is CCCC(=O)N(Cc1ccc(Cl)cc1)CC(C)C(=O)O. The number of rotatable bonds is 7. The van der Waals surface area contributed by atoms with Crippen molar-refractivity contribution in [2.45, 2.75) is 33.2 Å². The van der Waals surface area contributed by atoms with Crippen LogP contribution in [-0.2, 0) is 16.1 Å². The van der Waals surface area contributed by atoms with E-state index in [4.69, 9.17) is 16.7 Å². The molecule has 0 heterocycles. The predicted molar refractivity (Wildman–Crippen MR) is 78.6 cm³/mol. The van der Waals surface area contributed by atoms with E-state index in [9.17, 15) is 9.59 Å². The van der Waals surface area contributed by atoms with Gasteiger partial charge in [0.15, 0.2) is 0 Å². The highest BCUT2D eigenvalue weighted by Gasteiger charge is 2.20. The summed E-state index contributed by atoms with van der Waals surface area (Å²) in [5.74, 6) is -1.49. The molecule has 1 aromatic carbocycles. The number of aliphatic carboxylic acids is 1. The second-order valence-electron chi connectivity index (χ2n) is 4.89. The molecule has 0 aromatic heterocycles. The van der Waals surface area contributed by atoms with Crippen LogP contribution in [0.25, 0.3) is 0 Å². The fourth-order valence-corrected chi connectivity index (χ4v) is 1.97. The highest BCUT2D eigenvalue weighted by molar-refractivity contribution is 6.30. The lowest BCUT2D eigenvalue weighted by atomic mass is 10.1. The molecule has 0 aliphatic carbocycles. The molecular weight excluding hydrogens is 278 g/mol. The Kier molecular flexibility index (Phi) is 6.52. The highest BCUT2D eigenvalue weighted by Crippen LogP contribution is 2.14. The molecule has 0 saturated carbocycles. The summed E-state index contributed by atoms with van der Waals surface area (Å²) in [6, 6.07) is 7.22. The van der Waals surface area contributed by atoms with Crippen molar-refractivity contribution in [1.82, 2.24) is 4.90 Å². The number of carboxylic acids is 1. The third kappa shape index (κ3) is 5.21. The van der Waals surface area contributed by atoms with Gasteiger partial charge < -0.3 is 10.0 Å². The van der Waals surface area contributed by atoms with Gasteiger partial charge >= 0.3 is 5.97 Å². The lowest BCUT2D eigenvalue weighted by Crippen LogP contribution is -2.36. The van der Waals surface area contributed by atoms with Crippen LogP contribution in [0.4, 0.5) is 0 Å². The molecule has 20 heavy (non-hydrogen) atoms. The monoisotopic (exact) mass is 297 g/mol. The average Bonchev–Trinajstić information content (AvgIpc) is 2.40. The summed E-state index contributed by atoms with van der Waals surface area (Å²) < 4.78 is 0. The number of hydrogen-bond donors (Lipinski definition) is 1. The number of carbonyl (C=O) groups is 2. The fourth-order valence-electron chi connectivity index (χ4n) is 1.85. The van der Waals surface area contributed by atoms with E-state index in [0.717, 1.165) is 12.0 Å². The zero-order valence-electron chi connectivity index (χ0n) is 11.8. The van der Waals surface area contributed by atoms with Crippen LogP contribution in [0.5, 0.6) is 0 Å². The number of benzene rings is 1. The molecular formula is C15H20ClNO3. The van der Waals surface area contributed by atoms with Crippen LogP contribution in [-0.4, -0.2) is 28.4 Å². The normalized spacial score (nSPS) is 11.9. The van der Waals surface area contributed by atoms with Crippen LogP contribution in [0.3, 0.4) is 0 Å². The van der Waals surface area contributed by atoms with Crippen molar-refractivity contribution in [2.24, 2.45) is 5.92 Å². The smallest absolute Gasteiger partial charge is 0.308 e. The van der Waals surface area contributed by atoms with E-state index in [1.165, 1.54) is 0 Å². The molecule has 4 nitrogen and oxygen atoms in total. The second kappa shape index (κ2) is 7.90. The van der Waals surface area contributed by atoms with Crippen LogP contribution in [0.1, 0.15) is 32.3 Å². The van der Waals surface area contributed by atoms with Gasteiger partial charge in [-0.1, -0.05) is 37.6 Å². The molecule has 0 aliphatic rings. The van der Waals surface area contributed by atoms with Gasteiger partial charge in [0.2, 0.25) is 5.91 Å². The van der Waals surface area contributed by atoms with Crippen molar-refractivity contribution in [3.05, 3.63) is 34.9 Å². The molecule has 1 amide bonds. The standard InChI is InChI=1S/C15H20ClNO3/c1-3-4-14(18)17(9-11(2)15(19)20)10-12-5-7-13(16)8-6-12/h5-8,11H,3-4,9-10H2,1-2H3,(H,19,20). The molecule has 0 spiro atoms. The summed E-state index contributed by atoms with van der Waals surface area (Å²) in [6.45, 7) is 4.17. The molecule has 0 saturated heterocycles. The first-order valence-corrected chi connectivity index (χ1v) is 7.06. The molecule has 1 atom stereocenters. The Morgan fingerprint density at radius 1 is 1.30 bits per heavy atom. The summed E-state index contributed by atoms with van der Waals surface area (Å²) in [5.41, 5.74) is 0.941. The van der Waals surface area contributed by atoms with Gasteiger partial charge in [-0.05, 0) is 24.1 Å². The van der Waals surface area contributed by atoms with Crippen LogP contribution >= 0.6 is 11.6 Å². The van der Waals surface area contributed by atoms with Gasteiger partial charge in [0.25, 0.3) is 0 Å². The van der Waals surface area contributed by atoms with Gasteiger partial charge in [-0.2, -0.15) is 0 Å². The van der Waals surface area contributed by atoms with Crippen LogP contribution in [0.2, 0.25) is 5.02 Å². The third-order valence-electron chi connectivity index (χ3n) is 3.02. The number of amides is 1. The van der Waals surface area contributed by atoms with Crippen LogP contribution < -0.4 is 0 Å². The zero-order chi connectivity index (χ0) is 15.1. The predicted octanol–water partition coefficient (Wildman–Crippen LogP) is 3.19. The zero-order valence-corrected chi connectivity index (χ0v) is 12.6. The lowest BCUT2D eigenvalue weighted by molar-refractivity contribution is -0.143. The van der Waals surface area contributed by atoms with E-state index in [2.05, 4.69) is 0 Å². The van der Waals surface area contributed by atoms with Gasteiger partial charge in [-0.3, -0.25) is 9.59 Å². The minimum atomic E-state index is -0.893. The van der Waals surface area contributed by atoms with E-state index in [-0.39, 0.29) is 12.5 Å². The summed E-state index contributed by atoms with van der Waals surface area (Å²) in [6.07, 6.45) is 1.18. The van der Waals surface area contributed by atoms with Crippen molar-refractivity contribution < 1.29 is 14.7 Å². The quantitative estimate of drug-likeness (QED) is 0.841. The molecule has 1 rings (SSSR count). The minimum Gasteiger partial charge on any atom is -0.481 e. The molecule has 1 N–H and O–H groups in total. The van der Waals surface area contributed by atoms with Crippen molar-refractivity contribution in [3.8, 4) is 0 Å². The summed E-state index contributed by atoms with van der Waals surface area (Å²) in [5, 5.41) is 9.63. The molecule has 0 bridgehead atoms. The van der Waals surface area contributed by atoms with E-state index >= 15 is 0 Å². The van der Waals surface area contributed by atoms with Gasteiger partial charge in [0, 0.05) is 24.5 Å². The Balaban J connectivity index is 2.78.